The van der Waals surface area contributed by atoms with Gasteiger partial charge in [-0.1, -0.05) is 39.7 Å². The van der Waals surface area contributed by atoms with Gasteiger partial charge in [-0.15, -0.1) is 0 Å². The number of hydrogen-bond donors (Lipinski definition) is 3. The van der Waals surface area contributed by atoms with E-state index in [1.165, 1.54) is 29.2 Å². The standard InChI is InChI=1S/C23H21BrClFN4O2/c24-16-4-1-6-19(14-16)28-22(31)27-12-3-13-30(21-10-8-18(26)9-11-21)23(32)29-20-7-2-5-17(25)15-20/h1-2,4-11,14-15H,3,12-13H2,(H,29,32)(H2,27,28,31). The van der Waals surface area contributed by atoms with E-state index in [0.29, 0.717) is 41.6 Å². The Labute approximate surface area is 198 Å². The van der Waals surface area contributed by atoms with E-state index in [-0.39, 0.29) is 6.03 Å². The van der Waals surface area contributed by atoms with Gasteiger partial charge >= 0.3 is 12.1 Å². The number of nitrogens with one attached hydrogen (secondary N) is 3. The lowest BCUT2D eigenvalue weighted by atomic mass is 10.2. The lowest BCUT2D eigenvalue weighted by molar-refractivity contribution is 0.252. The maximum Gasteiger partial charge on any atom is 0.326 e. The van der Waals surface area contributed by atoms with Crippen LogP contribution in [0.3, 0.4) is 0 Å². The first-order chi connectivity index (χ1) is 15.4. The van der Waals surface area contributed by atoms with Crippen LogP contribution < -0.4 is 20.9 Å². The van der Waals surface area contributed by atoms with Gasteiger partial charge in [-0.2, -0.15) is 0 Å². The Morgan fingerprint density at radius 3 is 2.31 bits per heavy atom. The third-order valence-corrected chi connectivity index (χ3v) is 5.11. The van der Waals surface area contributed by atoms with E-state index in [9.17, 15) is 14.0 Å². The van der Waals surface area contributed by atoms with Crippen LogP contribution in [-0.2, 0) is 0 Å². The first-order valence-corrected chi connectivity index (χ1v) is 11.0. The fraction of sp³-hybridized carbons (Fsp3) is 0.130. The molecule has 0 saturated carbocycles. The number of urea groups is 2. The minimum absolute atomic E-state index is 0.301. The summed E-state index contributed by atoms with van der Waals surface area (Å²) in [6, 6.07) is 18.9. The van der Waals surface area contributed by atoms with Gasteiger partial charge in [0, 0.05) is 39.6 Å². The van der Waals surface area contributed by atoms with Crippen LogP contribution in [0, 0.1) is 5.82 Å². The van der Waals surface area contributed by atoms with Crippen molar-refractivity contribution in [3.05, 3.63) is 88.1 Å². The average molecular weight is 520 g/mol. The predicted octanol–water partition coefficient (Wildman–Crippen LogP) is 6.49. The minimum Gasteiger partial charge on any atom is -0.338 e. The zero-order valence-electron chi connectivity index (χ0n) is 16.9. The molecule has 0 heterocycles. The molecule has 0 unspecified atom stereocenters. The van der Waals surface area contributed by atoms with Crippen LogP contribution >= 0.6 is 27.5 Å². The molecule has 3 N–H and O–H groups in total. The van der Waals surface area contributed by atoms with Crippen LogP contribution in [0.15, 0.2) is 77.3 Å². The first-order valence-electron chi connectivity index (χ1n) is 9.81. The van der Waals surface area contributed by atoms with E-state index in [1.54, 1.807) is 36.4 Å². The zero-order chi connectivity index (χ0) is 22.9. The summed E-state index contributed by atoms with van der Waals surface area (Å²) < 4.78 is 14.2. The second kappa shape index (κ2) is 11.5. The van der Waals surface area contributed by atoms with Crippen molar-refractivity contribution in [3.63, 3.8) is 0 Å². The molecule has 6 nitrogen and oxygen atoms in total. The van der Waals surface area contributed by atoms with Crippen LogP contribution in [0.4, 0.5) is 31.0 Å². The molecule has 0 aliphatic rings. The maximum atomic E-state index is 13.4. The summed E-state index contributed by atoms with van der Waals surface area (Å²) in [6.07, 6.45) is 0.478. The molecule has 166 valence electrons. The number of carbonyl (C=O) groups excluding carboxylic acids is 2. The Morgan fingerprint density at radius 1 is 0.938 bits per heavy atom. The lowest BCUT2D eigenvalue weighted by Gasteiger charge is -2.23. The molecule has 0 aliphatic heterocycles. The Hall–Kier alpha value is -3.10. The smallest absolute Gasteiger partial charge is 0.326 e. The molecule has 9 heteroatoms. The van der Waals surface area contributed by atoms with Gasteiger partial charge in [-0.3, -0.25) is 4.90 Å². The lowest BCUT2D eigenvalue weighted by Crippen LogP contribution is -2.38. The van der Waals surface area contributed by atoms with Crippen molar-refractivity contribution < 1.29 is 14.0 Å². The quantitative estimate of drug-likeness (QED) is 0.312. The van der Waals surface area contributed by atoms with Gasteiger partial charge in [0.2, 0.25) is 0 Å². The summed E-state index contributed by atoms with van der Waals surface area (Å²) in [4.78, 5) is 26.5. The first kappa shape index (κ1) is 23.6. The number of nitrogens with zero attached hydrogens (tertiary/aromatic N) is 1. The van der Waals surface area contributed by atoms with E-state index in [1.807, 2.05) is 12.1 Å². The van der Waals surface area contributed by atoms with E-state index in [2.05, 4.69) is 31.9 Å². The van der Waals surface area contributed by atoms with Crippen molar-refractivity contribution in [3.8, 4) is 0 Å². The van der Waals surface area contributed by atoms with Crippen LogP contribution in [0.25, 0.3) is 0 Å². The molecular weight excluding hydrogens is 499 g/mol. The molecular formula is C23H21BrClFN4O2. The van der Waals surface area contributed by atoms with E-state index in [4.69, 9.17) is 11.6 Å². The van der Waals surface area contributed by atoms with Gasteiger partial charge < -0.3 is 16.0 Å². The number of carbonyl (C=O) groups is 2. The number of rotatable bonds is 7. The predicted molar refractivity (Wildman–Crippen MR) is 130 cm³/mol. The molecule has 0 radical (unpaired) electrons. The van der Waals surface area contributed by atoms with Crippen molar-refractivity contribution in [2.24, 2.45) is 0 Å². The van der Waals surface area contributed by atoms with Crippen LogP contribution in [0.2, 0.25) is 5.02 Å². The molecule has 0 spiro atoms. The second-order valence-corrected chi connectivity index (χ2v) is 8.17. The van der Waals surface area contributed by atoms with E-state index in [0.717, 1.165) is 4.47 Å². The van der Waals surface area contributed by atoms with Gasteiger partial charge in [-0.25, -0.2) is 14.0 Å². The van der Waals surface area contributed by atoms with E-state index >= 15 is 0 Å². The fourth-order valence-corrected chi connectivity index (χ4v) is 3.50. The summed E-state index contributed by atoms with van der Waals surface area (Å²) in [6.45, 7) is 0.636. The fourth-order valence-electron chi connectivity index (χ4n) is 2.91. The van der Waals surface area contributed by atoms with Crippen LogP contribution in [0.5, 0.6) is 0 Å². The Balaban J connectivity index is 1.58. The summed E-state index contributed by atoms with van der Waals surface area (Å²) in [5.74, 6) is -0.394. The zero-order valence-corrected chi connectivity index (χ0v) is 19.3. The second-order valence-electron chi connectivity index (χ2n) is 6.81. The van der Waals surface area contributed by atoms with Crippen molar-refractivity contribution in [1.82, 2.24) is 5.32 Å². The van der Waals surface area contributed by atoms with Gasteiger partial charge in [0.05, 0.1) is 0 Å². The number of hydrogen-bond acceptors (Lipinski definition) is 2. The van der Waals surface area contributed by atoms with Gasteiger partial charge in [0.1, 0.15) is 5.82 Å². The largest absolute Gasteiger partial charge is 0.338 e. The highest BCUT2D eigenvalue weighted by molar-refractivity contribution is 9.10. The third-order valence-electron chi connectivity index (χ3n) is 4.39. The molecule has 0 aromatic heterocycles. The third kappa shape index (κ3) is 7.25. The maximum absolute atomic E-state index is 13.4. The SMILES string of the molecule is O=C(NCCCN(C(=O)Nc1cccc(Cl)c1)c1ccc(F)cc1)Nc1cccc(Br)c1. The molecule has 3 rings (SSSR count). The summed E-state index contributed by atoms with van der Waals surface area (Å²) in [7, 11) is 0. The van der Waals surface area contributed by atoms with Gasteiger partial charge in [-0.05, 0) is 67.1 Å². The van der Waals surface area contributed by atoms with Gasteiger partial charge in [0.25, 0.3) is 0 Å². The molecule has 32 heavy (non-hydrogen) atoms. The highest BCUT2D eigenvalue weighted by atomic mass is 79.9. The van der Waals surface area contributed by atoms with Crippen LogP contribution in [-0.4, -0.2) is 25.2 Å². The molecule has 0 saturated heterocycles. The molecule has 4 amide bonds. The summed E-state index contributed by atoms with van der Waals surface area (Å²) in [5, 5.41) is 8.79. The molecule has 0 fully saturated rings. The Morgan fingerprint density at radius 2 is 1.62 bits per heavy atom. The molecule has 3 aromatic carbocycles. The minimum atomic E-state index is -0.394. The van der Waals surface area contributed by atoms with Gasteiger partial charge in [0.15, 0.2) is 0 Å². The number of benzene rings is 3. The summed E-state index contributed by atoms with van der Waals surface area (Å²) >= 11 is 9.34. The number of anilines is 3. The number of halogens is 3. The van der Waals surface area contributed by atoms with E-state index < -0.39 is 11.8 Å². The highest BCUT2D eigenvalue weighted by Gasteiger charge is 2.16. The van der Waals surface area contributed by atoms with Crippen molar-refractivity contribution in [2.45, 2.75) is 6.42 Å². The molecule has 0 aliphatic carbocycles. The molecule has 3 aromatic rings. The number of amides is 4. The Kier molecular flexibility index (Phi) is 8.47. The highest BCUT2D eigenvalue weighted by Crippen LogP contribution is 2.19. The normalized spacial score (nSPS) is 10.3. The molecule has 0 atom stereocenters. The van der Waals surface area contributed by atoms with Crippen molar-refractivity contribution >= 4 is 56.7 Å². The Bertz CT molecular complexity index is 1080. The van der Waals surface area contributed by atoms with Crippen molar-refractivity contribution in [1.29, 1.82) is 0 Å². The van der Waals surface area contributed by atoms with Crippen molar-refractivity contribution in [2.75, 3.05) is 28.6 Å². The summed E-state index contributed by atoms with van der Waals surface area (Å²) in [5.41, 5.74) is 1.73. The topological polar surface area (TPSA) is 73.5 Å². The monoisotopic (exact) mass is 518 g/mol. The molecule has 0 bridgehead atoms. The van der Waals surface area contributed by atoms with Crippen LogP contribution in [0.1, 0.15) is 6.42 Å². The average Bonchev–Trinajstić information content (AvgIpc) is 2.74.